The number of piperazine rings is 1. The van der Waals surface area contributed by atoms with Crippen molar-refractivity contribution in [2.75, 3.05) is 46.8 Å². The van der Waals surface area contributed by atoms with Crippen molar-refractivity contribution in [2.24, 2.45) is 4.99 Å². The molecular weight excluding hydrogens is 477 g/mol. The predicted octanol–water partition coefficient (Wildman–Crippen LogP) is 2.79. The van der Waals surface area contributed by atoms with Crippen LogP contribution in [0.25, 0.3) is 0 Å². The fourth-order valence-corrected chi connectivity index (χ4v) is 4.08. The van der Waals surface area contributed by atoms with E-state index in [-0.39, 0.29) is 36.4 Å². The fourth-order valence-electron chi connectivity index (χ4n) is 4.08. The Balaban J connectivity index is 0.00000300. The van der Waals surface area contributed by atoms with E-state index in [4.69, 9.17) is 4.99 Å². The lowest BCUT2D eigenvalue weighted by Gasteiger charge is -2.41. The van der Waals surface area contributed by atoms with Crippen molar-refractivity contribution in [1.82, 2.24) is 20.0 Å². The smallest absolute Gasteiger partial charge is 0.241 e. The molecule has 29 heavy (non-hydrogen) atoms. The summed E-state index contributed by atoms with van der Waals surface area (Å²) in [7, 11) is 3.57. The van der Waals surface area contributed by atoms with E-state index in [9.17, 15) is 4.79 Å². The highest BCUT2D eigenvalue weighted by molar-refractivity contribution is 14.0. The van der Waals surface area contributed by atoms with Crippen LogP contribution >= 0.6 is 24.0 Å². The summed E-state index contributed by atoms with van der Waals surface area (Å²) in [6.45, 7) is 5.00. The maximum Gasteiger partial charge on any atom is 0.241 e. The second-order valence-corrected chi connectivity index (χ2v) is 8.08. The van der Waals surface area contributed by atoms with Crippen molar-refractivity contribution in [3.8, 4) is 0 Å². The van der Waals surface area contributed by atoms with Crippen molar-refractivity contribution < 1.29 is 4.79 Å². The first-order valence-electron chi connectivity index (χ1n) is 10.6. The molecule has 0 spiro atoms. The van der Waals surface area contributed by atoms with Gasteiger partial charge in [-0.25, -0.2) is 4.99 Å². The summed E-state index contributed by atoms with van der Waals surface area (Å²) in [5, 5.41) is 3.30. The highest BCUT2D eigenvalue weighted by atomic mass is 127. The summed E-state index contributed by atoms with van der Waals surface area (Å²) < 4.78 is 0. The van der Waals surface area contributed by atoms with Gasteiger partial charge in [0.2, 0.25) is 5.91 Å². The van der Waals surface area contributed by atoms with Crippen LogP contribution in [0.5, 0.6) is 0 Å². The number of halogens is 1. The van der Waals surface area contributed by atoms with Gasteiger partial charge in [0.05, 0.1) is 13.1 Å². The number of hydrogen-bond acceptors (Lipinski definition) is 3. The molecule has 2 fully saturated rings. The number of rotatable bonds is 5. The van der Waals surface area contributed by atoms with Gasteiger partial charge in [0, 0.05) is 46.3 Å². The Morgan fingerprint density at radius 1 is 1.07 bits per heavy atom. The molecule has 1 heterocycles. The molecule has 7 heteroatoms. The van der Waals surface area contributed by atoms with Crippen LogP contribution in [0.1, 0.15) is 37.7 Å². The zero-order valence-corrected chi connectivity index (χ0v) is 20.2. The monoisotopic (exact) mass is 513 g/mol. The highest BCUT2D eigenvalue weighted by Gasteiger charge is 2.26. The van der Waals surface area contributed by atoms with Gasteiger partial charge in [-0.05, 0) is 18.4 Å². The number of carbonyl (C=O) groups excluding carboxylic acids is 1. The molecule has 1 saturated carbocycles. The number of amides is 1. The normalized spacial score (nSPS) is 18.8. The van der Waals surface area contributed by atoms with Crippen LogP contribution < -0.4 is 5.32 Å². The minimum absolute atomic E-state index is 0. The number of carbonyl (C=O) groups is 1. The van der Waals surface area contributed by atoms with E-state index in [0.717, 1.165) is 38.2 Å². The second kappa shape index (κ2) is 12.4. The zero-order valence-electron chi connectivity index (χ0n) is 17.8. The summed E-state index contributed by atoms with van der Waals surface area (Å²) in [6.07, 6.45) is 6.86. The van der Waals surface area contributed by atoms with Crippen molar-refractivity contribution in [3.63, 3.8) is 0 Å². The molecule has 0 atom stereocenters. The van der Waals surface area contributed by atoms with Crippen LogP contribution in [0, 0.1) is 0 Å². The van der Waals surface area contributed by atoms with Crippen LogP contribution in [0.3, 0.4) is 0 Å². The number of aliphatic imine (C=N–C) groups is 1. The van der Waals surface area contributed by atoms with Gasteiger partial charge >= 0.3 is 0 Å². The molecule has 0 unspecified atom stereocenters. The van der Waals surface area contributed by atoms with E-state index in [1.165, 1.54) is 37.7 Å². The highest BCUT2D eigenvalue weighted by Crippen LogP contribution is 2.23. The summed E-state index contributed by atoms with van der Waals surface area (Å²) in [5.41, 5.74) is 1.18. The predicted molar refractivity (Wildman–Crippen MR) is 130 cm³/mol. The van der Waals surface area contributed by atoms with Gasteiger partial charge in [-0.3, -0.25) is 9.69 Å². The minimum atomic E-state index is 0. The molecule has 1 aromatic rings. The van der Waals surface area contributed by atoms with Crippen LogP contribution in [0.4, 0.5) is 0 Å². The zero-order chi connectivity index (χ0) is 19.8. The Labute approximate surface area is 192 Å². The molecule has 1 aliphatic carbocycles. The SMILES string of the molecule is CN(C)C(=O)CNC(=NCc1ccccc1)N1CCN(C2CCCCC2)CC1.I. The van der Waals surface area contributed by atoms with E-state index in [2.05, 4.69) is 27.2 Å². The average molecular weight is 513 g/mol. The molecule has 1 amide bonds. The van der Waals surface area contributed by atoms with Crippen molar-refractivity contribution >= 4 is 35.8 Å². The average Bonchev–Trinajstić information content (AvgIpc) is 2.75. The maximum absolute atomic E-state index is 12.0. The molecule has 1 N–H and O–H groups in total. The Hall–Kier alpha value is -1.35. The third-order valence-corrected chi connectivity index (χ3v) is 5.86. The number of nitrogens with one attached hydrogen (secondary N) is 1. The molecule has 1 aromatic carbocycles. The molecule has 0 aromatic heterocycles. The number of benzene rings is 1. The summed E-state index contributed by atoms with van der Waals surface area (Å²) in [6, 6.07) is 11.0. The molecule has 1 aliphatic heterocycles. The number of hydrogen-bond donors (Lipinski definition) is 1. The first kappa shape index (κ1) is 23.9. The quantitative estimate of drug-likeness (QED) is 0.374. The molecule has 0 bridgehead atoms. The van der Waals surface area contributed by atoms with Crippen LogP contribution in [-0.2, 0) is 11.3 Å². The molecule has 6 nitrogen and oxygen atoms in total. The Bertz CT molecular complexity index is 638. The topological polar surface area (TPSA) is 51.2 Å². The Kier molecular flexibility index (Phi) is 10.2. The van der Waals surface area contributed by atoms with E-state index in [1.54, 1.807) is 19.0 Å². The molecule has 1 saturated heterocycles. The molecule has 2 aliphatic rings. The van der Waals surface area contributed by atoms with Crippen LogP contribution in [0.2, 0.25) is 0 Å². The summed E-state index contributed by atoms with van der Waals surface area (Å²) >= 11 is 0. The number of nitrogens with zero attached hydrogens (tertiary/aromatic N) is 4. The third-order valence-electron chi connectivity index (χ3n) is 5.86. The van der Waals surface area contributed by atoms with Gasteiger partial charge < -0.3 is 15.1 Å². The standard InChI is InChI=1S/C22H35N5O.HI/c1-25(2)21(28)18-24-22(23-17-19-9-5-3-6-10-19)27-15-13-26(14-16-27)20-11-7-4-8-12-20;/h3,5-6,9-10,20H,4,7-8,11-18H2,1-2H3,(H,23,24);1H. The lowest BCUT2D eigenvalue weighted by molar-refractivity contribution is -0.127. The number of guanidine groups is 1. The molecule has 3 rings (SSSR count). The minimum Gasteiger partial charge on any atom is -0.347 e. The van der Waals surface area contributed by atoms with Crippen molar-refractivity contribution in [2.45, 2.75) is 44.7 Å². The second-order valence-electron chi connectivity index (χ2n) is 8.08. The molecule has 0 radical (unpaired) electrons. The largest absolute Gasteiger partial charge is 0.347 e. The van der Waals surface area contributed by atoms with Gasteiger partial charge in [0.1, 0.15) is 0 Å². The summed E-state index contributed by atoms with van der Waals surface area (Å²) in [5.74, 6) is 0.913. The van der Waals surface area contributed by atoms with Crippen molar-refractivity contribution in [1.29, 1.82) is 0 Å². The fraction of sp³-hybridized carbons (Fsp3) is 0.636. The Morgan fingerprint density at radius 3 is 2.34 bits per heavy atom. The molecular formula is C22H36IN5O. The first-order chi connectivity index (χ1) is 13.6. The van der Waals surface area contributed by atoms with Gasteiger partial charge in [0.25, 0.3) is 0 Å². The summed E-state index contributed by atoms with van der Waals surface area (Å²) in [4.78, 5) is 23.5. The van der Waals surface area contributed by atoms with E-state index >= 15 is 0 Å². The van der Waals surface area contributed by atoms with Crippen molar-refractivity contribution in [3.05, 3.63) is 35.9 Å². The first-order valence-corrected chi connectivity index (χ1v) is 10.6. The maximum atomic E-state index is 12.0. The van der Waals surface area contributed by atoms with Gasteiger partial charge in [-0.1, -0.05) is 49.6 Å². The van der Waals surface area contributed by atoms with E-state index in [0.29, 0.717) is 6.54 Å². The van der Waals surface area contributed by atoms with Gasteiger partial charge in [-0.15, -0.1) is 24.0 Å². The Morgan fingerprint density at radius 2 is 1.72 bits per heavy atom. The van der Waals surface area contributed by atoms with Gasteiger partial charge in [0.15, 0.2) is 5.96 Å². The number of likely N-dealkylation sites (N-methyl/N-ethyl adjacent to an activating group) is 1. The lowest BCUT2D eigenvalue weighted by atomic mass is 9.94. The lowest BCUT2D eigenvalue weighted by Crippen LogP contribution is -2.55. The molecule has 162 valence electrons. The van der Waals surface area contributed by atoms with Crippen LogP contribution in [0.15, 0.2) is 35.3 Å². The third kappa shape index (κ3) is 7.44. The van der Waals surface area contributed by atoms with E-state index < -0.39 is 0 Å². The van der Waals surface area contributed by atoms with E-state index in [1.807, 2.05) is 18.2 Å². The van der Waals surface area contributed by atoms with Gasteiger partial charge in [-0.2, -0.15) is 0 Å². The van der Waals surface area contributed by atoms with Crippen LogP contribution in [-0.4, -0.2) is 79.4 Å².